The average Bonchev–Trinajstić information content (AvgIpc) is 3.44. The molecule has 0 saturated carbocycles. The van der Waals surface area contributed by atoms with Gasteiger partial charge in [-0.2, -0.15) is 5.10 Å². The van der Waals surface area contributed by atoms with Crippen LogP contribution in [0.4, 0.5) is 10.9 Å². The third-order valence-electron chi connectivity index (χ3n) is 5.60. The van der Waals surface area contributed by atoms with Crippen LogP contribution in [0.2, 0.25) is 0 Å². The van der Waals surface area contributed by atoms with Gasteiger partial charge in [-0.1, -0.05) is 24.3 Å². The zero-order valence-corrected chi connectivity index (χ0v) is 17.8. The van der Waals surface area contributed by atoms with Crippen LogP contribution in [-0.4, -0.2) is 62.7 Å². The lowest BCUT2D eigenvalue weighted by Gasteiger charge is -2.34. The molecule has 7 nitrogen and oxygen atoms in total. The Morgan fingerprint density at radius 2 is 1.93 bits per heavy atom. The SMILES string of the molecule is CCN1CCN(Cc2ccnc(Nc3nc4ccc(-c5cn[nH]c5)cc4s3)c2)CC1. The van der Waals surface area contributed by atoms with E-state index in [0.29, 0.717) is 0 Å². The van der Waals surface area contributed by atoms with E-state index in [9.17, 15) is 0 Å². The number of nitrogens with zero attached hydrogens (tertiary/aromatic N) is 5. The van der Waals surface area contributed by atoms with Crippen LogP contribution in [0.15, 0.2) is 48.9 Å². The van der Waals surface area contributed by atoms with Crippen molar-refractivity contribution < 1.29 is 0 Å². The van der Waals surface area contributed by atoms with Gasteiger partial charge in [0.15, 0.2) is 5.13 Å². The smallest absolute Gasteiger partial charge is 0.189 e. The van der Waals surface area contributed by atoms with Gasteiger partial charge in [0, 0.05) is 50.7 Å². The summed E-state index contributed by atoms with van der Waals surface area (Å²) in [6.45, 7) is 8.88. The summed E-state index contributed by atoms with van der Waals surface area (Å²) in [5.41, 5.74) is 4.48. The molecule has 1 aliphatic rings. The number of nitrogens with one attached hydrogen (secondary N) is 2. The van der Waals surface area contributed by atoms with E-state index < -0.39 is 0 Å². The molecule has 0 aliphatic carbocycles. The highest BCUT2D eigenvalue weighted by Gasteiger charge is 2.16. The summed E-state index contributed by atoms with van der Waals surface area (Å²) in [5.74, 6) is 0.841. The highest BCUT2D eigenvalue weighted by Crippen LogP contribution is 2.31. The third-order valence-corrected chi connectivity index (χ3v) is 6.53. The van der Waals surface area contributed by atoms with Crippen molar-refractivity contribution in [2.45, 2.75) is 13.5 Å². The zero-order chi connectivity index (χ0) is 20.3. The maximum Gasteiger partial charge on any atom is 0.189 e. The summed E-state index contributed by atoms with van der Waals surface area (Å²) in [7, 11) is 0. The van der Waals surface area contributed by atoms with Crippen molar-refractivity contribution in [3.8, 4) is 11.1 Å². The van der Waals surface area contributed by atoms with Crippen LogP contribution in [-0.2, 0) is 6.54 Å². The molecule has 5 rings (SSSR count). The van der Waals surface area contributed by atoms with Crippen LogP contribution >= 0.6 is 11.3 Å². The molecule has 0 amide bonds. The number of H-pyrrole nitrogens is 1. The van der Waals surface area contributed by atoms with Gasteiger partial charge >= 0.3 is 0 Å². The first-order chi connectivity index (χ1) is 14.8. The van der Waals surface area contributed by atoms with Gasteiger partial charge in [0.05, 0.1) is 16.4 Å². The molecule has 1 aromatic carbocycles. The summed E-state index contributed by atoms with van der Waals surface area (Å²) in [4.78, 5) is 14.2. The Bertz CT molecular complexity index is 1110. The Morgan fingerprint density at radius 3 is 2.73 bits per heavy atom. The van der Waals surface area contributed by atoms with E-state index in [-0.39, 0.29) is 0 Å². The normalized spacial score (nSPS) is 15.6. The molecule has 0 unspecified atom stereocenters. The number of aromatic amines is 1. The molecule has 1 aliphatic heterocycles. The standard InChI is InChI=1S/C22H25N7S/c1-2-28-7-9-29(10-8-28)15-16-5-6-23-21(11-16)27-22-26-19-4-3-17(12-20(19)30-22)18-13-24-25-14-18/h3-6,11-14H,2,7-10,15H2,1H3,(H,24,25)(H,23,26,27). The van der Waals surface area contributed by atoms with Crippen LogP contribution in [0.25, 0.3) is 21.3 Å². The molecule has 3 aromatic heterocycles. The summed E-state index contributed by atoms with van der Waals surface area (Å²) in [6.07, 6.45) is 5.61. The topological polar surface area (TPSA) is 73.0 Å². The third kappa shape index (κ3) is 4.21. The summed E-state index contributed by atoms with van der Waals surface area (Å²) >= 11 is 1.64. The summed E-state index contributed by atoms with van der Waals surface area (Å²) in [6, 6.07) is 10.5. The van der Waals surface area contributed by atoms with Gasteiger partial charge in [-0.3, -0.25) is 10.00 Å². The quantitative estimate of drug-likeness (QED) is 0.493. The number of piperazine rings is 1. The lowest BCUT2D eigenvalue weighted by atomic mass is 10.1. The van der Waals surface area contributed by atoms with Crippen LogP contribution in [0.1, 0.15) is 12.5 Å². The van der Waals surface area contributed by atoms with Crippen molar-refractivity contribution in [1.82, 2.24) is 30.0 Å². The van der Waals surface area contributed by atoms with Crippen LogP contribution in [0.5, 0.6) is 0 Å². The zero-order valence-electron chi connectivity index (χ0n) is 17.0. The number of hydrogen-bond acceptors (Lipinski definition) is 7. The molecule has 0 atom stereocenters. The largest absolute Gasteiger partial charge is 0.316 e. The number of rotatable bonds is 6. The minimum Gasteiger partial charge on any atom is -0.316 e. The minimum atomic E-state index is 0.841. The van der Waals surface area contributed by atoms with Crippen molar-refractivity contribution in [2.24, 2.45) is 0 Å². The minimum absolute atomic E-state index is 0.841. The van der Waals surface area contributed by atoms with Gasteiger partial charge in [0.2, 0.25) is 0 Å². The number of aromatic nitrogens is 4. The lowest BCUT2D eigenvalue weighted by Crippen LogP contribution is -2.45. The maximum atomic E-state index is 4.72. The number of benzene rings is 1. The van der Waals surface area contributed by atoms with Crippen molar-refractivity contribution in [3.63, 3.8) is 0 Å². The molecule has 2 N–H and O–H groups in total. The van der Waals surface area contributed by atoms with E-state index in [4.69, 9.17) is 4.98 Å². The molecule has 1 saturated heterocycles. The van der Waals surface area contributed by atoms with Gasteiger partial charge in [0.1, 0.15) is 5.82 Å². The average molecular weight is 420 g/mol. The Balaban J connectivity index is 1.28. The van der Waals surface area contributed by atoms with Crippen LogP contribution in [0, 0.1) is 0 Å². The molecule has 4 heterocycles. The molecule has 30 heavy (non-hydrogen) atoms. The van der Waals surface area contributed by atoms with Gasteiger partial charge in [0.25, 0.3) is 0 Å². The molecule has 1 fully saturated rings. The van der Waals surface area contributed by atoms with Gasteiger partial charge in [-0.05, 0) is 41.9 Å². The first-order valence-electron chi connectivity index (χ1n) is 10.3. The molecule has 154 valence electrons. The molecule has 0 spiro atoms. The fourth-order valence-electron chi connectivity index (χ4n) is 3.84. The van der Waals surface area contributed by atoms with E-state index >= 15 is 0 Å². The van der Waals surface area contributed by atoms with Crippen molar-refractivity contribution in [2.75, 3.05) is 38.0 Å². The summed E-state index contributed by atoms with van der Waals surface area (Å²) < 4.78 is 1.14. The second kappa shape index (κ2) is 8.51. The second-order valence-electron chi connectivity index (χ2n) is 7.57. The molecule has 8 heteroatoms. The van der Waals surface area contributed by atoms with Crippen molar-refractivity contribution in [3.05, 3.63) is 54.5 Å². The molecule has 0 radical (unpaired) electrons. The van der Waals surface area contributed by atoms with Gasteiger partial charge in [-0.15, -0.1) is 0 Å². The Hall–Kier alpha value is -2.81. The number of fused-ring (bicyclic) bond motifs is 1. The number of hydrogen-bond donors (Lipinski definition) is 2. The molecule has 4 aromatic rings. The number of thiazole rings is 1. The van der Waals surface area contributed by atoms with E-state index in [1.54, 1.807) is 11.3 Å². The van der Waals surface area contributed by atoms with Crippen LogP contribution in [0.3, 0.4) is 0 Å². The molecular formula is C22H25N7S. The highest BCUT2D eigenvalue weighted by molar-refractivity contribution is 7.22. The first kappa shape index (κ1) is 19.2. The molecule has 0 bridgehead atoms. The summed E-state index contributed by atoms with van der Waals surface area (Å²) in [5, 5.41) is 11.1. The van der Waals surface area contributed by atoms with E-state index in [1.807, 2.05) is 18.6 Å². The Kier molecular flexibility index (Phi) is 5.44. The fourth-order valence-corrected chi connectivity index (χ4v) is 4.75. The van der Waals surface area contributed by atoms with Gasteiger partial charge < -0.3 is 10.2 Å². The van der Waals surface area contributed by atoms with Crippen molar-refractivity contribution in [1.29, 1.82) is 0 Å². The van der Waals surface area contributed by atoms with Crippen molar-refractivity contribution >= 4 is 32.5 Å². The van der Waals surface area contributed by atoms with E-state index in [2.05, 4.69) is 67.6 Å². The first-order valence-corrected chi connectivity index (χ1v) is 11.1. The number of likely N-dealkylation sites (N-methyl/N-ethyl adjacent to an activating group) is 1. The van der Waals surface area contributed by atoms with E-state index in [0.717, 1.165) is 71.6 Å². The lowest BCUT2D eigenvalue weighted by molar-refractivity contribution is 0.132. The Morgan fingerprint density at radius 1 is 1.07 bits per heavy atom. The number of pyridine rings is 1. The monoisotopic (exact) mass is 419 g/mol. The van der Waals surface area contributed by atoms with Crippen LogP contribution < -0.4 is 5.32 Å². The second-order valence-corrected chi connectivity index (χ2v) is 8.60. The fraction of sp³-hybridized carbons (Fsp3) is 0.318. The predicted octanol–water partition coefficient (Wildman–Crippen LogP) is 3.96. The van der Waals surface area contributed by atoms with E-state index in [1.165, 1.54) is 5.56 Å². The maximum absolute atomic E-state index is 4.72. The predicted molar refractivity (Wildman–Crippen MR) is 122 cm³/mol. The Labute approximate surface area is 179 Å². The number of anilines is 2. The highest BCUT2D eigenvalue weighted by atomic mass is 32.1. The molecular weight excluding hydrogens is 394 g/mol. The van der Waals surface area contributed by atoms with Gasteiger partial charge in [-0.25, -0.2) is 9.97 Å².